The minimum Gasteiger partial charge on any atom is -0.481 e. The second kappa shape index (κ2) is 4.55. The van der Waals surface area contributed by atoms with E-state index >= 15 is 0 Å². The monoisotopic (exact) mass is 121 g/mol. The van der Waals surface area contributed by atoms with Crippen LogP contribution in [0.1, 0.15) is 6.92 Å². The van der Waals surface area contributed by atoms with E-state index in [-0.39, 0.29) is 12.8 Å². The molecule has 1 unspecified atom stereocenters. The number of rotatable bonds is 2. The average molecular weight is 121 g/mol. The van der Waals surface area contributed by atoms with Crippen LogP contribution in [0.15, 0.2) is 0 Å². The van der Waals surface area contributed by atoms with Crippen LogP contribution in [0.5, 0.6) is 0 Å². The van der Waals surface area contributed by atoms with E-state index in [1.807, 2.05) is 0 Å². The average Bonchev–Trinajstić information content (AvgIpc) is 1.65. The van der Waals surface area contributed by atoms with Crippen LogP contribution in [-0.4, -0.2) is 22.8 Å². The zero-order chi connectivity index (χ0) is 5.86. The molecule has 0 heterocycles. The third-order valence-electron chi connectivity index (χ3n) is 0.695. The van der Waals surface area contributed by atoms with Gasteiger partial charge in [-0.3, -0.25) is 4.79 Å². The van der Waals surface area contributed by atoms with E-state index in [4.69, 9.17) is 10.2 Å². The minimum atomic E-state index is -0.956. The number of carbonyl (C=O) groups is 1. The van der Waals surface area contributed by atoms with Crippen LogP contribution < -0.4 is 6.15 Å². The lowest BCUT2D eigenvalue weighted by molar-refractivity contribution is -0.142. The predicted octanol–water partition coefficient (Wildman–Crippen LogP) is -0.139. The Hall–Kier alpha value is -0.610. The number of hydrogen-bond donors (Lipinski definition) is 3. The topological polar surface area (TPSA) is 92.5 Å². The Morgan fingerprint density at radius 1 is 1.75 bits per heavy atom. The van der Waals surface area contributed by atoms with E-state index in [0.29, 0.717) is 0 Å². The SMILES string of the molecule is CC(CO)C(=O)O.N. The maximum absolute atomic E-state index is 9.77. The van der Waals surface area contributed by atoms with Gasteiger partial charge in [0.2, 0.25) is 0 Å². The van der Waals surface area contributed by atoms with Crippen molar-refractivity contribution in [1.29, 1.82) is 0 Å². The maximum Gasteiger partial charge on any atom is 0.308 e. The first-order chi connectivity index (χ1) is 3.18. The van der Waals surface area contributed by atoms with Gasteiger partial charge in [0.05, 0.1) is 12.5 Å². The lowest BCUT2D eigenvalue weighted by Gasteiger charge is -1.95. The smallest absolute Gasteiger partial charge is 0.308 e. The van der Waals surface area contributed by atoms with Crippen molar-refractivity contribution in [2.75, 3.05) is 6.61 Å². The first-order valence-electron chi connectivity index (χ1n) is 2.02. The fourth-order valence-electron chi connectivity index (χ4n) is 0.0781. The van der Waals surface area contributed by atoms with Crippen molar-refractivity contribution < 1.29 is 15.0 Å². The summed E-state index contributed by atoms with van der Waals surface area (Å²) in [7, 11) is 0. The van der Waals surface area contributed by atoms with Crippen molar-refractivity contribution in [2.24, 2.45) is 5.92 Å². The van der Waals surface area contributed by atoms with Gasteiger partial charge >= 0.3 is 5.97 Å². The molecule has 0 aliphatic heterocycles. The molecule has 0 aliphatic carbocycles. The zero-order valence-electron chi connectivity index (χ0n) is 4.79. The fraction of sp³-hybridized carbons (Fsp3) is 0.750. The van der Waals surface area contributed by atoms with Gasteiger partial charge in [0.15, 0.2) is 0 Å². The van der Waals surface area contributed by atoms with Crippen molar-refractivity contribution in [2.45, 2.75) is 6.92 Å². The molecule has 0 rings (SSSR count). The van der Waals surface area contributed by atoms with Gasteiger partial charge in [-0.25, -0.2) is 0 Å². The largest absolute Gasteiger partial charge is 0.481 e. The van der Waals surface area contributed by atoms with Gasteiger partial charge in [-0.15, -0.1) is 0 Å². The number of aliphatic hydroxyl groups excluding tert-OH is 1. The molecule has 0 saturated carbocycles. The normalized spacial score (nSPS) is 11.8. The van der Waals surface area contributed by atoms with Crippen molar-refractivity contribution in [3.8, 4) is 0 Å². The summed E-state index contributed by atoms with van der Waals surface area (Å²) in [5.41, 5.74) is 0. The molecule has 1 atom stereocenters. The number of carboxylic acids is 1. The van der Waals surface area contributed by atoms with Gasteiger partial charge < -0.3 is 16.4 Å². The van der Waals surface area contributed by atoms with Crippen LogP contribution in [0.4, 0.5) is 0 Å². The summed E-state index contributed by atoms with van der Waals surface area (Å²) in [6, 6.07) is 0. The second-order valence-electron chi connectivity index (χ2n) is 1.42. The molecule has 0 spiro atoms. The van der Waals surface area contributed by atoms with Gasteiger partial charge in [0.25, 0.3) is 0 Å². The van der Waals surface area contributed by atoms with E-state index in [9.17, 15) is 4.79 Å². The molecule has 0 aromatic heterocycles. The lowest BCUT2D eigenvalue weighted by Crippen LogP contribution is -2.12. The molecule has 4 heteroatoms. The van der Waals surface area contributed by atoms with Crippen LogP contribution in [0.25, 0.3) is 0 Å². The van der Waals surface area contributed by atoms with Crippen LogP contribution in [0, 0.1) is 5.92 Å². The first-order valence-corrected chi connectivity index (χ1v) is 2.02. The van der Waals surface area contributed by atoms with Crippen molar-refractivity contribution in [3.05, 3.63) is 0 Å². The van der Waals surface area contributed by atoms with Crippen molar-refractivity contribution >= 4 is 5.97 Å². The molecule has 0 bridgehead atoms. The molecule has 0 radical (unpaired) electrons. The lowest BCUT2D eigenvalue weighted by atomic mass is 10.2. The van der Waals surface area contributed by atoms with Crippen LogP contribution in [-0.2, 0) is 4.79 Å². The first kappa shape index (κ1) is 10.4. The molecule has 50 valence electrons. The van der Waals surface area contributed by atoms with Crippen LogP contribution in [0.3, 0.4) is 0 Å². The summed E-state index contributed by atoms with van der Waals surface area (Å²) >= 11 is 0. The summed E-state index contributed by atoms with van der Waals surface area (Å²) in [6.45, 7) is 1.16. The van der Waals surface area contributed by atoms with Gasteiger partial charge in [0.1, 0.15) is 0 Å². The molecule has 0 fully saturated rings. The van der Waals surface area contributed by atoms with Gasteiger partial charge in [-0.2, -0.15) is 0 Å². The van der Waals surface area contributed by atoms with E-state index in [1.54, 1.807) is 0 Å². The van der Waals surface area contributed by atoms with E-state index < -0.39 is 11.9 Å². The third kappa shape index (κ3) is 3.58. The van der Waals surface area contributed by atoms with Crippen molar-refractivity contribution in [3.63, 3.8) is 0 Å². The highest BCUT2D eigenvalue weighted by atomic mass is 16.4. The Morgan fingerprint density at radius 2 is 2.12 bits per heavy atom. The Bertz CT molecular complexity index is 73.7. The summed E-state index contributed by atoms with van der Waals surface area (Å²) in [5, 5.41) is 16.1. The van der Waals surface area contributed by atoms with E-state index in [2.05, 4.69) is 0 Å². The molecule has 8 heavy (non-hydrogen) atoms. The molecule has 0 aromatic carbocycles. The Balaban J connectivity index is 0. The minimum absolute atomic E-state index is 0. The van der Waals surface area contributed by atoms with Gasteiger partial charge in [0, 0.05) is 0 Å². The quantitative estimate of drug-likeness (QED) is 0.474. The van der Waals surface area contributed by atoms with E-state index in [0.717, 1.165) is 0 Å². The number of hydrogen-bond acceptors (Lipinski definition) is 3. The predicted molar refractivity (Wildman–Crippen MR) is 28.9 cm³/mol. The number of aliphatic hydroxyl groups is 1. The Morgan fingerprint density at radius 3 is 2.12 bits per heavy atom. The highest BCUT2D eigenvalue weighted by Crippen LogP contribution is 1.88. The summed E-state index contributed by atoms with van der Waals surface area (Å²) in [5.74, 6) is -1.58. The summed E-state index contributed by atoms with van der Waals surface area (Å²) in [6.07, 6.45) is 0. The molecular formula is C4H11NO3. The zero-order valence-corrected chi connectivity index (χ0v) is 4.79. The van der Waals surface area contributed by atoms with Crippen LogP contribution >= 0.6 is 0 Å². The molecule has 0 saturated heterocycles. The van der Waals surface area contributed by atoms with Crippen molar-refractivity contribution in [1.82, 2.24) is 6.15 Å². The highest BCUT2D eigenvalue weighted by Gasteiger charge is 2.06. The highest BCUT2D eigenvalue weighted by molar-refractivity contribution is 5.69. The second-order valence-corrected chi connectivity index (χ2v) is 1.42. The Kier molecular flexibility index (Phi) is 5.90. The maximum atomic E-state index is 9.77. The molecule has 0 aliphatic rings. The summed E-state index contributed by atoms with van der Waals surface area (Å²) in [4.78, 5) is 9.77. The fourth-order valence-corrected chi connectivity index (χ4v) is 0.0781. The Labute approximate surface area is 47.7 Å². The van der Waals surface area contributed by atoms with E-state index in [1.165, 1.54) is 6.92 Å². The molecular weight excluding hydrogens is 110 g/mol. The molecule has 4 nitrogen and oxygen atoms in total. The molecule has 0 amide bonds. The molecule has 0 aromatic rings. The third-order valence-corrected chi connectivity index (χ3v) is 0.695. The number of aliphatic carboxylic acids is 1. The van der Waals surface area contributed by atoms with Gasteiger partial charge in [-0.1, -0.05) is 0 Å². The standard InChI is InChI=1S/C4H8O3.H3N/c1-3(2-5)4(6)7;/h3,5H,2H2,1H3,(H,6,7);1H3. The summed E-state index contributed by atoms with van der Waals surface area (Å²) < 4.78 is 0. The van der Waals surface area contributed by atoms with Gasteiger partial charge in [-0.05, 0) is 6.92 Å². The molecule has 5 N–H and O–H groups in total. The van der Waals surface area contributed by atoms with Crippen LogP contribution in [0.2, 0.25) is 0 Å². The number of carboxylic acid groups (broad SMARTS) is 1.